The van der Waals surface area contributed by atoms with E-state index in [-0.39, 0.29) is 0 Å². The fraction of sp³-hybridized carbons (Fsp3) is 0.167. The van der Waals surface area contributed by atoms with Crippen molar-refractivity contribution >= 4 is 32.0 Å². The topological polar surface area (TPSA) is 22.1 Å². The minimum Gasteiger partial charge on any atom is -0.481 e. The molecule has 2 nitrogen and oxygen atoms in total. The molecule has 1 heterocycles. The standard InChI is InChI=1S/C6H6NO.ClH.Mg/c1-8-6-4-2-3-5-7-6;;/h3-5H,1H3;1H;/q;;+1/p-1. The number of halogens is 1. The maximum absolute atomic E-state index is 5.71. The highest BCUT2D eigenvalue weighted by Crippen LogP contribution is 1.99. The second kappa shape index (κ2) is 4.00. The molecule has 0 spiro atoms. The first kappa shape index (κ1) is 8.11. The zero-order valence-corrected chi connectivity index (χ0v) is 7.84. The maximum atomic E-state index is 5.71. The molecule has 0 N–H and O–H groups in total. The van der Waals surface area contributed by atoms with Crippen LogP contribution in [0.15, 0.2) is 18.3 Å². The third-order valence-corrected chi connectivity index (χ3v) is 2.84. The summed E-state index contributed by atoms with van der Waals surface area (Å²) in [5.41, 5.74) is 0. The Hall–Kier alpha value is 0.00623. The van der Waals surface area contributed by atoms with Crippen molar-refractivity contribution in [1.29, 1.82) is 0 Å². The van der Waals surface area contributed by atoms with Gasteiger partial charge in [0.2, 0.25) is 5.88 Å². The normalized spacial score (nSPS) is 8.60. The average Bonchev–Trinajstić information content (AvgIpc) is 2.05. The van der Waals surface area contributed by atoms with E-state index in [4.69, 9.17) is 13.8 Å². The molecule has 0 atom stereocenters. The summed E-state index contributed by atoms with van der Waals surface area (Å²) in [6.45, 7) is 0. The Bertz CT molecular complexity index is 199. The van der Waals surface area contributed by atoms with Crippen LogP contribution in [0.5, 0.6) is 5.88 Å². The Morgan fingerprint density at radius 2 is 2.50 bits per heavy atom. The molecule has 0 unspecified atom stereocenters. The van der Waals surface area contributed by atoms with E-state index in [1.54, 1.807) is 13.3 Å². The van der Waals surface area contributed by atoms with Crippen molar-refractivity contribution in [3.8, 4) is 5.88 Å². The van der Waals surface area contributed by atoms with Crippen LogP contribution < -0.4 is 8.43 Å². The number of methoxy groups -OCH3 is 1. The van der Waals surface area contributed by atoms with Crippen molar-refractivity contribution in [3.05, 3.63) is 18.3 Å². The highest BCUT2D eigenvalue weighted by atomic mass is 35.5. The predicted molar refractivity (Wildman–Crippen MR) is 42.0 cm³/mol. The van der Waals surface area contributed by atoms with Crippen LogP contribution in [0.2, 0.25) is 0 Å². The van der Waals surface area contributed by atoms with Crippen LogP contribution in [0.25, 0.3) is 0 Å². The molecule has 0 aromatic carbocycles. The largest absolute Gasteiger partial charge is 0.538 e. The summed E-state index contributed by atoms with van der Waals surface area (Å²) in [6, 6.07) is 3.79. The summed E-state index contributed by atoms with van der Waals surface area (Å²) >= 11 is -0.587. The van der Waals surface area contributed by atoms with Crippen LogP contribution in [0, 0.1) is 0 Å². The molecule has 0 radical (unpaired) electrons. The van der Waals surface area contributed by atoms with Gasteiger partial charge in [-0.1, -0.05) is 6.07 Å². The first-order valence-corrected chi connectivity index (χ1v) is 5.76. The quantitative estimate of drug-likeness (QED) is 0.602. The molecule has 10 heavy (non-hydrogen) atoms. The van der Waals surface area contributed by atoms with Crippen molar-refractivity contribution in [2.24, 2.45) is 0 Å². The minimum absolute atomic E-state index is 0.587. The van der Waals surface area contributed by atoms with Gasteiger partial charge in [-0.05, 0) is 6.07 Å². The van der Waals surface area contributed by atoms with Gasteiger partial charge in [-0.2, -0.15) is 0 Å². The monoisotopic (exact) mass is 167 g/mol. The number of pyridine rings is 1. The lowest BCUT2D eigenvalue weighted by molar-refractivity contribution is 0.398. The second-order valence-electron chi connectivity index (χ2n) is 1.84. The van der Waals surface area contributed by atoms with Gasteiger partial charge in [-0.15, -0.1) is 3.69 Å². The zero-order valence-electron chi connectivity index (χ0n) is 5.67. The first-order valence-electron chi connectivity index (χ1n) is 2.91. The third kappa shape index (κ3) is 2.00. The summed E-state index contributed by atoms with van der Waals surface area (Å²) in [5, 5.41) is 0. The molecule has 4 heteroatoms. The third-order valence-electron chi connectivity index (χ3n) is 1.16. The Morgan fingerprint density at radius 3 is 3.10 bits per heavy atom. The fourth-order valence-electron chi connectivity index (χ4n) is 0.645. The summed E-state index contributed by atoms with van der Waals surface area (Å²) < 4.78 is 6.07. The maximum Gasteiger partial charge on any atom is 0.538 e. The van der Waals surface area contributed by atoms with E-state index in [1.165, 1.54) is 0 Å². The van der Waals surface area contributed by atoms with Gasteiger partial charge in [0.15, 0.2) is 0 Å². The lowest BCUT2D eigenvalue weighted by atomic mass is 10.5. The highest BCUT2D eigenvalue weighted by Gasteiger charge is 1.96. The van der Waals surface area contributed by atoms with Crippen LogP contribution in [-0.2, 0) is 0 Å². The van der Waals surface area contributed by atoms with Gasteiger partial charge < -0.3 is 13.8 Å². The number of rotatable bonds is 2. The van der Waals surface area contributed by atoms with Crippen molar-refractivity contribution in [2.45, 2.75) is 0 Å². The molecule has 0 aliphatic rings. The van der Waals surface area contributed by atoms with Crippen LogP contribution in [-0.4, -0.2) is 31.4 Å². The highest BCUT2D eigenvalue weighted by molar-refractivity contribution is 7.01. The van der Waals surface area contributed by atoms with Crippen molar-refractivity contribution in [3.63, 3.8) is 0 Å². The van der Waals surface area contributed by atoms with Gasteiger partial charge in [-0.3, -0.25) is 0 Å². The molecule has 1 rings (SSSR count). The van der Waals surface area contributed by atoms with E-state index >= 15 is 0 Å². The zero-order chi connectivity index (χ0) is 7.40. The summed E-state index contributed by atoms with van der Waals surface area (Å²) in [4.78, 5) is 3.95. The lowest BCUT2D eigenvalue weighted by Crippen LogP contribution is -2.08. The van der Waals surface area contributed by atoms with Crippen molar-refractivity contribution < 1.29 is 4.74 Å². The summed E-state index contributed by atoms with van der Waals surface area (Å²) in [6.07, 6.45) is 1.71. The van der Waals surface area contributed by atoms with Crippen LogP contribution in [0.4, 0.5) is 0 Å². The molecule has 0 fully saturated rings. The molecule has 1 aromatic rings. The lowest BCUT2D eigenvalue weighted by Gasteiger charge is -1.98. The smallest absolute Gasteiger partial charge is 0.481 e. The summed E-state index contributed by atoms with van der Waals surface area (Å²) in [5.74, 6) is 0.644. The Balaban J connectivity index is 2.87. The first-order chi connectivity index (χ1) is 4.86. The number of ether oxygens (including phenoxy) is 1. The van der Waals surface area contributed by atoms with E-state index < -0.39 is 19.3 Å². The minimum atomic E-state index is -0.587. The Morgan fingerprint density at radius 1 is 1.70 bits per heavy atom. The molecular weight excluding hydrogens is 162 g/mol. The van der Waals surface area contributed by atoms with Gasteiger partial charge in [0, 0.05) is 6.20 Å². The molecule has 50 valence electrons. The van der Waals surface area contributed by atoms with Crippen LogP contribution >= 0.6 is 9.07 Å². The van der Waals surface area contributed by atoms with E-state index in [1.807, 2.05) is 12.1 Å². The second-order valence-corrected chi connectivity index (χ2v) is 3.73. The van der Waals surface area contributed by atoms with E-state index in [9.17, 15) is 0 Å². The molecule has 0 amide bonds. The van der Waals surface area contributed by atoms with Crippen molar-refractivity contribution in [1.82, 2.24) is 4.98 Å². The van der Waals surface area contributed by atoms with Crippen LogP contribution in [0.3, 0.4) is 0 Å². The SMILES string of the molecule is COc1c[c]([Mg][Cl])ccn1. The molecule has 0 saturated carbocycles. The van der Waals surface area contributed by atoms with E-state index in [2.05, 4.69) is 4.98 Å². The summed E-state index contributed by atoms with van der Waals surface area (Å²) in [7, 11) is 7.31. The van der Waals surface area contributed by atoms with Gasteiger partial charge in [0.1, 0.15) is 0 Å². The molecule has 0 saturated heterocycles. The van der Waals surface area contributed by atoms with Crippen molar-refractivity contribution in [2.75, 3.05) is 7.11 Å². The van der Waals surface area contributed by atoms with Gasteiger partial charge in [-0.25, -0.2) is 4.98 Å². The fourth-order valence-corrected chi connectivity index (χ4v) is 1.59. The van der Waals surface area contributed by atoms with Gasteiger partial charge in [0.05, 0.1) is 7.11 Å². The predicted octanol–water partition coefficient (Wildman–Crippen LogP) is 0.573. The van der Waals surface area contributed by atoms with Gasteiger partial charge >= 0.3 is 19.3 Å². The number of hydrogen-bond donors (Lipinski definition) is 0. The molecule has 0 aliphatic carbocycles. The number of nitrogens with zero attached hydrogens (tertiary/aromatic N) is 1. The van der Waals surface area contributed by atoms with Crippen LogP contribution in [0.1, 0.15) is 0 Å². The van der Waals surface area contributed by atoms with E-state index in [0.29, 0.717) is 5.88 Å². The molecule has 1 aromatic heterocycles. The molecule has 0 bridgehead atoms. The molecular formula is C6H6ClMgNO. The Kier molecular flexibility index (Phi) is 3.25. The van der Waals surface area contributed by atoms with Gasteiger partial charge in [0.25, 0.3) is 0 Å². The number of hydrogen-bond acceptors (Lipinski definition) is 2. The molecule has 0 aliphatic heterocycles. The average molecular weight is 168 g/mol. The Labute approximate surface area is 73.1 Å². The van der Waals surface area contributed by atoms with E-state index in [0.717, 1.165) is 3.69 Å². The number of aromatic nitrogens is 1.